The van der Waals surface area contributed by atoms with Crippen LogP contribution in [0.3, 0.4) is 0 Å². The molecular formula is C20H17FN2O3S. The number of likely N-dealkylation sites (tertiary alicyclic amines) is 1. The molecule has 0 saturated carbocycles. The van der Waals surface area contributed by atoms with E-state index in [1.165, 1.54) is 12.3 Å². The third-order valence-corrected chi connectivity index (χ3v) is 7.74. The number of rotatable bonds is 3. The van der Waals surface area contributed by atoms with Gasteiger partial charge in [0.1, 0.15) is 5.76 Å². The number of nitrogens with zero attached hydrogens (tertiary/aromatic N) is 2. The quantitative estimate of drug-likeness (QED) is 0.649. The van der Waals surface area contributed by atoms with Crippen LogP contribution in [-0.4, -0.2) is 36.6 Å². The van der Waals surface area contributed by atoms with E-state index in [9.17, 15) is 12.8 Å². The Morgan fingerprint density at radius 1 is 1.15 bits per heavy atom. The van der Waals surface area contributed by atoms with Gasteiger partial charge in [-0.2, -0.15) is 4.39 Å². The van der Waals surface area contributed by atoms with Crippen LogP contribution in [0.15, 0.2) is 64.2 Å². The fourth-order valence-electron chi connectivity index (χ4n) is 4.20. The minimum atomic E-state index is -3.35. The molecular weight excluding hydrogens is 367 g/mol. The monoisotopic (exact) mass is 384 g/mol. The van der Waals surface area contributed by atoms with Gasteiger partial charge in [-0.15, -0.1) is 0 Å². The lowest BCUT2D eigenvalue weighted by Crippen LogP contribution is -2.25. The van der Waals surface area contributed by atoms with Crippen molar-refractivity contribution < 1.29 is 17.2 Å². The summed E-state index contributed by atoms with van der Waals surface area (Å²) in [7, 11) is -3.35. The lowest BCUT2D eigenvalue weighted by Gasteiger charge is -2.16. The molecule has 27 heavy (non-hydrogen) atoms. The largest absolute Gasteiger partial charge is 0.468 e. The van der Waals surface area contributed by atoms with Crippen LogP contribution in [0, 0.1) is 5.95 Å². The fourth-order valence-corrected chi connectivity index (χ4v) is 6.40. The molecule has 0 N–H and O–H groups in total. The second kappa shape index (κ2) is 6.00. The van der Waals surface area contributed by atoms with Crippen molar-refractivity contribution >= 4 is 9.84 Å². The summed E-state index contributed by atoms with van der Waals surface area (Å²) in [6.07, 6.45) is 3.09. The maximum atomic E-state index is 13.1. The van der Waals surface area contributed by atoms with Gasteiger partial charge in [0.15, 0.2) is 9.84 Å². The molecule has 2 aliphatic heterocycles. The van der Waals surface area contributed by atoms with Crippen LogP contribution in [0.5, 0.6) is 0 Å². The number of furan rings is 1. The SMILES string of the molecule is O=S1(=O)c2ccc(-c3ccc(F)nc3)cc2[C@H]2CN(Cc3ccco3)C[C@@H]21. The third kappa shape index (κ3) is 2.69. The molecule has 0 bridgehead atoms. The Balaban J connectivity index is 1.50. The van der Waals surface area contributed by atoms with Gasteiger partial charge in [0, 0.05) is 30.8 Å². The van der Waals surface area contributed by atoms with Crippen molar-refractivity contribution in [3.8, 4) is 11.1 Å². The molecule has 0 unspecified atom stereocenters. The number of hydrogen-bond acceptors (Lipinski definition) is 5. The molecule has 2 aliphatic rings. The summed E-state index contributed by atoms with van der Waals surface area (Å²) < 4.78 is 44.5. The molecule has 0 amide bonds. The number of halogens is 1. The van der Waals surface area contributed by atoms with Gasteiger partial charge < -0.3 is 4.42 Å². The van der Waals surface area contributed by atoms with E-state index in [-0.39, 0.29) is 5.92 Å². The van der Waals surface area contributed by atoms with E-state index in [2.05, 4.69) is 9.88 Å². The highest BCUT2D eigenvalue weighted by Gasteiger charge is 2.50. The third-order valence-electron chi connectivity index (χ3n) is 5.48. The molecule has 5 rings (SSSR count). The summed E-state index contributed by atoms with van der Waals surface area (Å²) in [5, 5.41) is -0.427. The van der Waals surface area contributed by atoms with E-state index >= 15 is 0 Å². The van der Waals surface area contributed by atoms with E-state index in [4.69, 9.17) is 4.42 Å². The minimum absolute atomic E-state index is 0.0617. The fraction of sp³-hybridized carbons (Fsp3) is 0.250. The molecule has 1 aromatic carbocycles. The highest BCUT2D eigenvalue weighted by molar-refractivity contribution is 7.92. The van der Waals surface area contributed by atoms with Crippen molar-refractivity contribution in [2.24, 2.45) is 0 Å². The second-order valence-corrected chi connectivity index (χ2v) is 9.22. The first kappa shape index (κ1) is 16.6. The van der Waals surface area contributed by atoms with Gasteiger partial charge in [-0.05, 0) is 47.5 Å². The molecule has 0 radical (unpaired) electrons. The number of hydrogen-bond donors (Lipinski definition) is 0. The van der Waals surface area contributed by atoms with Gasteiger partial charge in [-0.1, -0.05) is 6.07 Å². The molecule has 2 atom stereocenters. The number of pyridine rings is 1. The second-order valence-electron chi connectivity index (χ2n) is 7.09. The van der Waals surface area contributed by atoms with Crippen molar-refractivity contribution in [3.63, 3.8) is 0 Å². The van der Waals surface area contributed by atoms with Crippen LogP contribution in [0.2, 0.25) is 0 Å². The predicted molar refractivity (Wildman–Crippen MR) is 97.3 cm³/mol. The average molecular weight is 384 g/mol. The summed E-state index contributed by atoms with van der Waals surface area (Å²) in [5.74, 6) is 0.235. The molecule has 0 spiro atoms. The molecule has 4 heterocycles. The van der Waals surface area contributed by atoms with E-state index in [1.807, 2.05) is 18.2 Å². The van der Waals surface area contributed by atoms with E-state index in [0.29, 0.717) is 24.5 Å². The average Bonchev–Trinajstić information content (AvgIpc) is 3.35. The maximum Gasteiger partial charge on any atom is 0.212 e. The highest BCUT2D eigenvalue weighted by Crippen LogP contribution is 2.46. The Labute approximate surface area is 156 Å². The zero-order chi connectivity index (χ0) is 18.6. The highest BCUT2D eigenvalue weighted by atomic mass is 32.2. The molecule has 1 saturated heterocycles. The number of fused-ring (bicyclic) bond motifs is 3. The maximum absolute atomic E-state index is 13.1. The van der Waals surface area contributed by atoms with Gasteiger partial charge in [0.05, 0.1) is 23.0 Å². The molecule has 1 fully saturated rings. The molecule has 0 aliphatic carbocycles. The van der Waals surface area contributed by atoms with Crippen LogP contribution < -0.4 is 0 Å². The zero-order valence-electron chi connectivity index (χ0n) is 14.4. The van der Waals surface area contributed by atoms with Crippen LogP contribution >= 0.6 is 0 Å². The lowest BCUT2D eigenvalue weighted by atomic mass is 9.95. The Bertz CT molecular complexity index is 1090. The van der Waals surface area contributed by atoms with Crippen molar-refractivity contribution in [2.75, 3.05) is 13.1 Å². The lowest BCUT2D eigenvalue weighted by molar-refractivity contribution is 0.293. The van der Waals surface area contributed by atoms with E-state index in [1.54, 1.807) is 24.5 Å². The zero-order valence-corrected chi connectivity index (χ0v) is 15.2. The number of aromatic nitrogens is 1. The van der Waals surface area contributed by atoms with Crippen molar-refractivity contribution in [2.45, 2.75) is 22.6 Å². The standard InChI is InChI=1S/C20H17FN2O3S/c21-20-6-4-14(9-22-20)13-3-5-18-16(8-13)17-11-23(10-15-2-1-7-26-15)12-19(17)27(18,24)25/h1-9,17,19H,10-12H2/t17-,19+/m1/s1. The van der Waals surface area contributed by atoms with Gasteiger partial charge >= 0.3 is 0 Å². The molecule has 5 nitrogen and oxygen atoms in total. The molecule has 138 valence electrons. The summed E-state index contributed by atoms with van der Waals surface area (Å²) in [6.45, 7) is 1.77. The molecule has 3 aromatic rings. The first-order valence-electron chi connectivity index (χ1n) is 8.77. The predicted octanol–water partition coefficient (Wildman–Crippen LogP) is 3.24. The number of benzene rings is 1. The van der Waals surface area contributed by atoms with Gasteiger partial charge in [-0.3, -0.25) is 4.90 Å². The summed E-state index contributed by atoms with van der Waals surface area (Å²) >= 11 is 0. The van der Waals surface area contributed by atoms with Crippen LogP contribution in [0.25, 0.3) is 11.1 Å². The molecule has 2 aromatic heterocycles. The van der Waals surface area contributed by atoms with Gasteiger partial charge in [0.25, 0.3) is 0 Å². The van der Waals surface area contributed by atoms with Crippen LogP contribution in [-0.2, 0) is 16.4 Å². The summed E-state index contributed by atoms with van der Waals surface area (Å²) in [4.78, 5) is 6.25. The van der Waals surface area contributed by atoms with Gasteiger partial charge in [-0.25, -0.2) is 13.4 Å². The Morgan fingerprint density at radius 2 is 2.00 bits per heavy atom. The van der Waals surface area contributed by atoms with Gasteiger partial charge in [0.2, 0.25) is 5.95 Å². The van der Waals surface area contributed by atoms with Crippen molar-refractivity contribution in [3.05, 3.63) is 72.2 Å². The first-order valence-corrected chi connectivity index (χ1v) is 10.3. The Kier molecular flexibility index (Phi) is 3.70. The van der Waals surface area contributed by atoms with E-state index in [0.717, 1.165) is 22.5 Å². The topological polar surface area (TPSA) is 63.4 Å². The normalized spacial score (nSPS) is 23.3. The summed E-state index contributed by atoms with van der Waals surface area (Å²) in [5.41, 5.74) is 2.47. The van der Waals surface area contributed by atoms with Crippen molar-refractivity contribution in [1.82, 2.24) is 9.88 Å². The smallest absolute Gasteiger partial charge is 0.212 e. The molecule has 7 heteroatoms. The first-order chi connectivity index (χ1) is 13.0. The summed E-state index contributed by atoms with van der Waals surface area (Å²) in [6, 6.07) is 12.1. The number of sulfone groups is 1. The van der Waals surface area contributed by atoms with Crippen LogP contribution in [0.1, 0.15) is 17.2 Å². The van der Waals surface area contributed by atoms with E-state index < -0.39 is 21.0 Å². The Morgan fingerprint density at radius 3 is 2.74 bits per heavy atom. The van der Waals surface area contributed by atoms with Crippen molar-refractivity contribution in [1.29, 1.82) is 0 Å². The minimum Gasteiger partial charge on any atom is -0.468 e. The Hall–Kier alpha value is -2.51. The van der Waals surface area contributed by atoms with Crippen LogP contribution in [0.4, 0.5) is 4.39 Å².